The fraction of sp³-hybridized carbons (Fsp3) is 0.0833. The van der Waals surface area contributed by atoms with E-state index in [1.165, 1.54) is 12.3 Å². The molecule has 1 aromatic heterocycles. The molecule has 0 saturated heterocycles. The van der Waals surface area contributed by atoms with E-state index in [9.17, 15) is 14.8 Å². The molecule has 1 heterocycles. The number of nitrogens with one attached hydrogen (secondary N) is 1. The van der Waals surface area contributed by atoms with Crippen LogP contribution in [-0.4, -0.2) is 23.1 Å². The largest absolute Gasteiger partial charge is 0.490 e. The maximum atomic E-state index is 11.9. The summed E-state index contributed by atoms with van der Waals surface area (Å²) in [5.41, 5.74) is 1.02. The van der Waals surface area contributed by atoms with Crippen LogP contribution < -0.4 is 10.8 Å². The summed E-state index contributed by atoms with van der Waals surface area (Å²) in [7, 11) is -1.63. The number of furan rings is 1. The van der Waals surface area contributed by atoms with Crippen LogP contribution in [-0.2, 0) is 0 Å². The zero-order valence-electron chi connectivity index (χ0n) is 9.75. The molecule has 18 heavy (non-hydrogen) atoms. The number of carbonyl (C=O) groups excluding carboxylic acids is 1. The van der Waals surface area contributed by atoms with Gasteiger partial charge in [-0.25, -0.2) is 0 Å². The van der Waals surface area contributed by atoms with E-state index in [-0.39, 0.29) is 11.4 Å². The van der Waals surface area contributed by atoms with Crippen LogP contribution in [0, 0.1) is 6.92 Å². The molecule has 1 amide bonds. The Morgan fingerprint density at radius 2 is 2.00 bits per heavy atom. The van der Waals surface area contributed by atoms with Crippen molar-refractivity contribution in [1.82, 2.24) is 0 Å². The molecule has 2 aromatic rings. The van der Waals surface area contributed by atoms with E-state index in [0.717, 1.165) is 0 Å². The summed E-state index contributed by atoms with van der Waals surface area (Å²) < 4.78 is 5.04. The summed E-state index contributed by atoms with van der Waals surface area (Å²) in [5.74, 6) is 0.156. The van der Waals surface area contributed by atoms with E-state index in [1.54, 1.807) is 31.2 Å². The Labute approximate surface area is 104 Å². The molecule has 0 bridgehead atoms. The van der Waals surface area contributed by atoms with Gasteiger partial charge in [-0.05, 0) is 19.1 Å². The smallest absolute Gasteiger partial charge is 0.469 e. The molecule has 0 aliphatic heterocycles. The second kappa shape index (κ2) is 5.08. The first kappa shape index (κ1) is 12.4. The molecule has 3 N–H and O–H groups in total. The van der Waals surface area contributed by atoms with Crippen LogP contribution in [0.25, 0.3) is 0 Å². The van der Waals surface area contributed by atoms with Crippen molar-refractivity contribution in [2.24, 2.45) is 0 Å². The third-order valence-corrected chi connectivity index (χ3v) is 2.59. The lowest BCUT2D eigenvalue weighted by Crippen LogP contribution is -2.33. The maximum absolute atomic E-state index is 11.9. The van der Waals surface area contributed by atoms with E-state index < -0.39 is 7.12 Å². The van der Waals surface area contributed by atoms with E-state index in [2.05, 4.69) is 5.32 Å². The molecule has 0 radical (unpaired) electrons. The molecule has 92 valence electrons. The highest BCUT2D eigenvalue weighted by Crippen LogP contribution is 2.12. The molecule has 0 spiro atoms. The zero-order chi connectivity index (χ0) is 13.1. The van der Waals surface area contributed by atoms with Crippen LogP contribution in [0.5, 0.6) is 0 Å². The van der Waals surface area contributed by atoms with Crippen molar-refractivity contribution in [3.63, 3.8) is 0 Å². The lowest BCUT2D eigenvalue weighted by atomic mass is 9.79. The molecule has 0 aliphatic carbocycles. The van der Waals surface area contributed by atoms with Crippen LogP contribution in [0.2, 0.25) is 0 Å². The van der Waals surface area contributed by atoms with Gasteiger partial charge in [0, 0.05) is 11.2 Å². The van der Waals surface area contributed by atoms with Crippen molar-refractivity contribution in [2.75, 3.05) is 5.32 Å². The minimum atomic E-state index is -1.63. The van der Waals surface area contributed by atoms with Gasteiger partial charge in [0.15, 0.2) is 0 Å². The number of benzene rings is 1. The predicted molar refractivity (Wildman–Crippen MR) is 67.7 cm³/mol. The van der Waals surface area contributed by atoms with Gasteiger partial charge in [0.25, 0.3) is 5.91 Å². The lowest BCUT2D eigenvalue weighted by Gasteiger charge is -2.09. The van der Waals surface area contributed by atoms with E-state index >= 15 is 0 Å². The van der Waals surface area contributed by atoms with Crippen molar-refractivity contribution < 1.29 is 19.3 Å². The van der Waals surface area contributed by atoms with Gasteiger partial charge in [-0.3, -0.25) is 4.79 Å². The summed E-state index contributed by atoms with van der Waals surface area (Å²) in [6.07, 6.45) is 1.43. The number of rotatable bonds is 3. The molecule has 0 fully saturated rings. The van der Waals surface area contributed by atoms with Gasteiger partial charge in [-0.1, -0.05) is 18.2 Å². The summed E-state index contributed by atoms with van der Waals surface area (Å²) in [6, 6.07) is 8.05. The standard InChI is InChI=1S/C12H12BNO4/c1-8-9(6-7-18-8)12(15)14-11-5-3-2-4-10(11)13(16)17/h2-7,16-17H,1H3,(H,14,15). The molecule has 2 rings (SSSR count). The molecular formula is C12H12BNO4. The summed E-state index contributed by atoms with van der Waals surface area (Å²) in [5, 5.41) is 21.0. The first-order chi connectivity index (χ1) is 8.59. The number of para-hydroxylation sites is 1. The fourth-order valence-corrected chi connectivity index (χ4v) is 1.65. The van der Waals surface area contributed by atoms with Gasteiger partial charge in [0.05, 0.1) is 11.8 Å². The van der Waals surface area contributed by atoms with Gasteiger partial charge in [0.1, 0.15) is 5.76 Å². The summed E-state index contributed by atoms with van der Waals surface area (Å²) in [6.45, 7) is 1.68. The first-order valence-corrected chi connectivity index (χ1v) is 5.40. The van der Waals surface area contributed by atoms with E-state index in [0.29, 0.717) is 17.0 Å². The highest BCUT2D eigenvalue weighted by Gasteiger charge is 2.18. The number of hydrogen-bond donors (Lipinski definition) is 3. The molecule has 0 aliphatic rings. The maximum Gasteiger partial charge on any atom is 0.490 e. The fourth-order valence-electron chi connectivity index (χ4n) is 1.65. The molecule has 6 heteroatoms. The topological polar surface area (TPSA) is 82.7 Å². The third-order valence-electron chi connectivity index (χ3n) is 2.59. The third kappa shape index (κ3) is 2.44. The van der Waals surface area contributed by atoms with E-state index in [4.69, 9.17) is 4.42 Å². The number of hydrogen-bond acceptors (Lipinski definition) is 4. The average molecular weight is 245 g/mol. The number of anilines is 1. The predicted octanol–water partition coefficient (Wildman–Crippen LogP) is 0.520. The molecule has 0 unspecified atom stereocenters. The SMILES string of the molecule is Cc1occc1C(=O)Nc1ccccc1B(O)O. The Hall–Kier alpha value is -2.05. The van der Waals surface area contributed by atoms with Gasteiger partial charge >= 0.3 is 7.12 Å². The molecule has 0 atom stereocenters. The Bertz CT molecular complexity index is 565. The highest BCUT2D eigenvalue weighted by molar-refractivity contribution is 6.60. The zero-order valence-corrected chi connectivity index (χ0v) is 9.75. The van der Waals surface area contributed by atoms with Gasteiger partial charge in [0.2, 0.25) is 0 Å². The first-order valence-electron chi connectivity index (χ1n) is 5.40. The van der Waals surface area contributed by atoms with Crippen molar-refractivity contribution in [3.05, 3.63) is 47.9 Å². The Morgan fingerprint density at radius 1 is 1.28 bits per heavy atom. The van der Waals surface area contributed by atoms with Crippen LogP contribution in [0.15, 0.2) is 41.0 Å². The Balaban J connectivity index is 2.25. The monoisotopic (exact) mass is 245 g/mol. The van der Waals surface area contributed by atoms with Crippen molar-refractivity contribution in [3.8, 4) is 0 Å². The molecule has 1 aromatic carbocycles. The molecule has 0 saturated carbocycles. The lowest BCUT2D eigenvalue weighted by molar-refractivity contribution is 0.102. The summed E-state index contributed by atoms with van der Waals surface area (Å²) >= 11 is 0. The number of amides is 1. The van der Waals surface area contributed by atoms with Gasteiger partial charge in [-0.15, -0.1) is 0 Å². The van der Waals surface area contributed by atoms with Crippen molar-refractivity contribution in [1.29, 1.82) is 0 Å². The number of aryl methyl sites for hydroxylation is 1. The number of carbonyl (C=O) groups is 1. The Morgan fingerprint density at radius 3 is 2.61 bits per heavy atom. The quantitative estimate of drug-likeness (QED) is 0.688. The minimum Gasteiger partial charge on any atom is -0.469 e. The molecule has 5 nitrogen and oxygen atoms in total. The highest BCUT2D eigenvalue weighted by atomic mass is 16.4. The van der Waals surface area contributed by atoms with Gasteiger partial charge in [-0.2, -0.15) is 0 Å². The van der Waals surface area contributed by atoms with Gasteiger partial charge < -0.3 is 19.8 Å². The second-order valence-corrected chi connectivity index (χ2v) is 3.81. The van der Waals surface area contributed by atoms with Crippen LogP contribution in [0.3, 0.4) is 0 Å². The minimum absolute atomic E-state index is 0.243. The normalized spacial score (nSPS) is 10.2. The van der Waals surface area contributed by atoms with Crippen LogP contribution in [0.4, 0.5) is 5.69 Å². The summed E-state index contributed by atoms with van der Waals surface area (Å²) in [4.78, 5) is 11.9. The Kier molecular flexibility index (Phi) is 3.50. The van der Waals surface area contributed by atoms with Crippen LogP contribution in [0.1, 0.15) is 16.1 Å². The molecular weight excluding hydrogens is 233 g/mol. The average Bonchev–Trinajstić information content (AvgIpc) is 2.76. The van der Waals surface area contributed by atoms with Crippen molar-refractivity contribution in [2.45, 2.75) is 6.92 Å². The second-order valence-electron chi connectivity index (χ2n) is 3.81. The van der Waals surface area contributed by atoms with Crippen molar-refractivity contribution >= 4 is 24.2 Å². The van der Waals surface area contributed by atoms with E-state index in [1.807, 2.05) is 0 Å². The van der Waals surface area contributed by atoms with Crippen LogP contribution >= 0.6 is 0 Å².